The molecule has 0 aliphatic carbocycles. The highest BCUT2D eigenvalue weighted by Crippen LogP contribution is 2.31. The lowest BCUT2D eigenvalue weighted by molar-refractivity contribution is -0.141. The van der Waals surface area contributed by atoms with E-state index < -0.39 is 17.8 Å². The lowest BCUT2D eigenvalue weighted by Crippen LogP contribution is -2.44. The second-order valence-electron chi connectivity index (χ2n) is 4.52. The quantitative estimate of drug-likeness (QED) is 0.830. The molecule has 0 saturated carbocycles. The van der Waals surface area contributed by atoms with Crippen LogP contribution in [0.25, 0.3) is 6.08 Å². The zero-order valence-electron chi connectivity index (χ0n) is 11.0. The van der Waals surface area contributed by atoms with E-state index in [-0.39, 0.29) is 5.82 Å². The van der Waals surface area contributed by atoms with Gasteiger partial charge in [0.1, 0.15) is 11.5 Å². The predicted octanol–water partition coefficient (Wildman–Crippen LogP) is 1.61. The highest BCUT2D eigenvalue weighted by molar-refractivity contribution is 5.86. The lowest BCUT2D eigenvalue weighted by atomic mass is 10.2. The van der Waals surface area contributed by atoms with E-state index in [1.807, 2.05) is 0 Å². The molecule has 1 saturated heterocycles. The molecule has 0 atom stereocenters. The molecule has 0 amide bonds. The number of aromatic nitrogens is 1. The number of alkyl halides is 3. The third-order valence-corrected chi connectivity index (χ3v) is 3.02. The van der Waals surface area contributed by atoms with Gasteiger partial charge in [0, 0.05) is 37.8 Å². The highest BCUT2D eigenvalue weighted by atomic mass is 19.4. The van der Waals surface area contributed by atoms with Gasteiger partial charge < -0.3 is 15.3 Å². The molecular formula is C13H14F3N3O2. The maximum Gasteiger partial charge on any atom is 0.433 e. The largest absolute Gasteiger partial charge is 0.478 e. The predicted molar refractivity (Wildman–Crippen MR) is 71.0 cm³/mol. The first-order valence-electron chi connectivity index (χ1n) is 6.33. The number of nitrogens with zero attached hydrogens (tertiary/aromatic N) is 2. The molecule has 21 heavy (non-hydrogen) atoms. The summed E-state index contributed by atoms with van der Waals surface area (Å²) in [4.78, 5) is 16.0. The monoisotopic (exact) mass is 301 g/mol. The SMILES string of the molecule is O=C(O)C=Cc1ccc(C(F)(F)F)nc1N1CCNCC1. The van der Waals surface area contributed by atoms with Crippen LogP contribution in [0, 0.1) is 0 Å². The summed E-state index contributed by atoms with van der Waals surface area (Å²) in [6, 6.07) is 2.10. The molecule has 0 spiro atoms. The minimum absolute atomic E-state index is 0.156. The van der Waals surface area contributed by atoms with Crippen LogP contribution in [0.15, 0.2) is 18.2 Å². The van der Waals surface area contributed by atoms with Gasteiger partial charge in [-0.15, -0.1) is 0 Å². The average Bonchev–Trinajstić information content (AvgIpc) is 2.45. The number of pyridine rings is 1. The first-order valence-corrected chi connectivity index (χ1v) is 6.33. The van der Waals surface area contributed by atoms with Gasteiger partial charge in [-0.3, -0.25) is 0 Å². The molecule has 1 aliphatic rings. The Kier molecular flexibility index (Phi) is 4.46. The zero-order valence-corrected chi connectivity index (χ0v) is 11.0. The van der Waals surface area contributed by atoms with E-state index in [1.54, 1.807) is 4.90 Å². The van der Waals surface area contributed by atoms with Gasteiger partial charge in [0.2, 0.25) is 0 Å². The van der Waals surface area contributed by atoms with Gasteiger partial charge >= 0.3 is 12.1 Å². The van der Waals surface area contributed by atoms with Crippen molar-refractivity contribution >= 4 is 17.9 Å². The third kappa shape index (κ3) is 3.94. The van der Waals surface area contributed by atoms with Gasteiger partial charge in [0.05, 0.1) is 0 Å². The number of carbonyl (C=O) groups is 1. The molecule has 114 valence electrons. The Balaban J connectivity index is 2.41. The van der Waals surface area contributed by atoms with Crippen molar-refractivity contribution in [1.29, 1.82) is 0 Å². The molecule has 0 radical (unpaired) electrons. The Morgan fingerprint density at radius 3 is 2.57 bits per heavy atom. The second kappa shape index (κ2) is 6.13. The van der Waals surface area contributed by atoms with E-state index in [0.717, 1.165) is 12.1 Å². The van der Waals surface area contributed by atoms with Crippen LogP contribution in [-0.2, 0) is 11.0 Å². The number of anilines is 1. The maximum atomic E-state index is 12.8. The maximum absolute atomic E-state index is 12.8. The van der Waals surface area contributed by atoms with Gasteiger partial charge in [0.15, 0.2) is 0 Å². The van der Waals surface area contributed by atoms with Crippen molar-refractivity contribution in [3.05, 3.63) is 29.5 Å². The van der Waals surface area contributed by atoms with Gasteiger partial charge in [-0.25, -0.2) is 9.78 Å². The van der Waals surface area contributed by atoms with E-state index in [9.17, 15) is 18.0 Å². The van der Waals surface area contributed by atoms with E-state index in [2.05, 4.69) is 10.3 Å². The number of carboxylic acid groups (broad SMARTS) is 1. The minimum Gasteiger partial charge on any atom is -0.478 e. The number of rotatable bonds is 3. The summed E-state index contributed by atoms with van der Waals surface area (Å²) in [5.41, 5.74) is -0.629. The Bertz CT molecular complexity index is 552. The number of hydrogen-bond donors (Lipinski definition) is 2. The van der Waals surface area contributed by atoms with Gasteiger partial charge in [-0.2, -0.15) is 13.2 Å². The first-order chi connectivity index (χ1) is 9.88. The Hall–Kier alpha value is -2.09. The standard InChI is InChI=1S/C13H14F3N3O2/c14-13(15,16)10-3-1-9(2-4-11(20)21)12(18-10)19-7-5-17-6-8-19/h1-4,17H,5-8H2,(H,20,21). The summed E-state index contributed by atoms with van der Waals surface area (Å²) >= 11 is 0. The number of carboxylic acids is 1. The molecule has 2 rings (SSSR count). The van der Waals surface area contributed by atoms with Crippen LogP contribution < -0.4 is 10.2 Å². The van der Waals surface area contributed by atoms with Gasteiger partial charge in [-0.1, -0.05) is 0 Å². The third-order valence-electron chi connectivity index (χ3n) is 3.02. The number of hydrogen-bond acceptors (Lipinski definition) is 4. The molecule has 0 bridgehead atoms. The van der Waals surface area contributed by atoms with Crippen molar-refractivity contribution in [3.8, 4) is 0 Å². The summed E-state index contributed by atoms with van der Waals surface area (Å²) in [6.45, 7) is 2.31. The number of aliphatic carboxylic acids is 1. The molecule has 5 nitrogen and oxygen atoms in total. The van der Waals surface area contributed by atoms with E-state index in [1.165, 1.54) is 12.1 Å². The second-order valence-corrected chi connectivity index (χ2v) is 4.52. The molecule has 2 N–H and O–H groups in total. The number of nitrogens with one attached hydrogen (secondary N) is 1. The summed E-state index contributed by atoms with van der Waals surface area (Å²) < 4.78 is 38.3. The normalized spacial score (nSPS) is 16.4. The first kappa shape index (κ1) is 15.3. The molecule has 1 aromatic rings. The topological polar surface area (TPSA) is 65.5 Å². The van der Waals surface area contributed by atoms with Crippen molar-refractivity contribution in [1.82, 2.24) is 10.3 Å². The van der Waals surface area contributed by atoms with E-state index in [4.69, 9.17) is 5.11 Å². The van der Waals surface area contributed by atoms with Crippen LogP contribution in [0.3, 0.4) is 0 Å². The molecule has 1 aliphatic heterocycles. The van der Waals surface area contributed by atoms with Crippen molar-refractivity contribution in [2.45, 2.75) is 6.18 Å². The highest BCUT2D eigenvalue weighted by Gasteiger charge is 2.33. The van der Waals surface area contributed by atoms with Gasteiger partial charge in [-0.05, 0) is 18.2 Å². The summed E-state index contributed by atoms with van der Waals surface area (Å²) in [5.74, 6) is -1.01. The Labute approximate surface area is 119 Å². The van der Waals surface area contributed by atoms with Crippen LogP contribution in [0.1, 0.15) is 11.3 Å². The molecule has 8 heteroatoms. The molecule has 1 aromatic heterocycles. The molecule has 2 heterocycles. The molecule has 0 aromatic carbocycles. The fourth-order valence-electron chi connectivity index (χ4n) is 2.04. The lowest BCUT2D eigenvalue weighted by Gasteiger charge is -2.30. The summed E-state index contributed by atoms with van der Waals surface area (Å²) in [7, 11) is 0. The van der Waals surface area contributed by atoms with Crippen LogP contribution in [0.5, 0.6) is 0 Å². The van der Waals surface area contributed by atoms with Gasteiger partial charge in [0.25, 0.3) is 0 Å². The average molecular weight is 301 g/mol. The summed E-state index contributed by atoms with van der Waals surface area (Å²) in [5, 5.41) is 11.7. The van der Waals surface area contributed by atoms with E-state index in [0.29, 0.717) is 31.7 Å². The van der Waals surface area contributed by atoms with Crippen molar-refractivity contribution in [2.24, 2.45) is 0 Å². The fraction of sp³-hybridized carbons (Fsp3) is 0.385. The Morgan fingerprint density at radius 2 is 2.00 bits per heavy atom. The molecule has 1 fully saturated rings. The number of halogens is 3. The van der Waals surface area contributed by atoms with Crippen LogP contribution in [0.4, 0.5) is 19.0 Å². The van der Waals surface area contributed by atoms with Crippen molar-refractivity contribution < 1.29 is 23.1 Å². The fourth-order valence-corrected chi connectivity index (χ4v) is 2.04. The van der Waals surface area contributed by atoms with E-state index >= 15 is 0 Å². The molecular weight excluding hydrogens is 287 g/mol. The molecule has 0 unspecified atom stereocenters. The van der Waals surface area contributed by atoms with Crippen molar-refractivity contribution in [2.75, 3.05) is 31.1 Å². The summed E-state index contributed by atoms with van der Waals surface area (Å²) in [6.07, 6.45) is -2.39. The van der Waals surface area contributed by atoms with Crippen molar-refractivity contribution in [3.63, 3.8) is 0 Å². The zero-order chi connectivity index (χ0) is 15.5. The Morgan fingerprint density at radius 1 is 1.33 bits per heavy atom. The van der Waals surface area contributed by atoms with Crippen LogP contribution in [0.2, 0.25) is 0 Å². The number of piperazine rings is 1. The minimum atomic E-state index is -4.53. The smallest absolute Gasteiger partial charge is 0.433 e. The van der Waals surface area contributed by atoms with Crippen LogP contribution in [-0.4, -0.2) is 42.2 Å². The van der Waals surface area contributed by atoms with Crippen LogP contribution >= 0.6 is 0 Å².